The maximum Gasteiger partial charge on any atom is 0.151 e. The first kappa shape index (κ1) is 10.9. The third kappa shape index (κ3) is 2.32. The lowest BCUT2D eigenvalue weighted by molar-refractivity contribution is 1.02. The maximum atomic E-state index is 9.07. The molecule has 0 saturated heterocycles. The Morgan fingerprint density at radius 1 is 1.44 bits per heavy atom. The monoisotopic (exact) mass is 249 g/mol. The number of para-hydroxylation sites is 1. The van der Waals surface area contributed by atoms with Crippen LogP contribution in [0.2, 0.25) is 5.02 Å². The molecule has 0 spiro atoms. The Morgan fingerprint density at radius 2 is 2.25 bits per heavy atom. The SMILES string of the molecule is N#CC(Nc1ccccc1Cl)c1cncs1. The number of thiazole rings is 1. The molecule has 0 aliphatic carbocycles. The van der Waals surface area contributed by atoms with Gasteiger partial charge in [-0.15, -0.1) is 11.3 Å². The zero-order chi connectivity index (χ0) is 11.4. The fraction of sp³-hybridized carbons (Fsp3) is 0.0909. The molecular weight excluding hydrogens is 242 g/mol. The highest BCUT2D eigenvalue weighted by atomic mass is 35.5. The Labute approximate surface area is 102 Å². The van der Waals surface area contributed by atoms with Crippen molar-refractivity contribution in [2.75, 3.05) is 5.32 Å². The molecule has 0 radical (unpaired) electrons. The van der Waals surface area contributed by atoms with Gasteiger partial charge >= 0.3 is 0 Å². The number of hydrogen-bond acceptors (Lipinski definition) is 4. The lowest BCUT2D eigenvalue weighted by atomic mass is 10.2. The average molecular weight is 250 g/mol. The van der Waals surface area contributed by atoms with E-state index in [1.807, 2.05) is 18.2 Å². The van der Waals surface area contributed by atoms with Gasteiger partial charge in [-0.3, -0.25) is 4.98 Å². The largest absolute Gasteiger partial charge is 0.364 e. The van der Waals surface area contributed by atoms with E-state index >= 15 is 0 Å². The van der Waals surface area contributed by atoms with Crippen molar-refractivity contribution in [3.05, 3.63) is 45.9 Å². The molecule has 1 aromatic carbocycles. The van der Waals surface area contributed by atoms with Crippen molar-refractivity contribution in [1.29, 1.82) is 5.26 Å². The van der Waals surface area contributed by atoms with Gasteiger partial charge in [0.1, 0.15) is 0 Å². The van der Waals surface area contributed by atoms with Crippen LogP contribution < -0.4 is 5.32 Å². The minimum Gasteiger partial charge on any atom is -0.364 e. The van der Waals surface area contributed by atoms with Crippen LogP contribution in [0.25, 0.3) is 0 Å². The van der Waals surface area contributed by atoms with E-state index in [0.29, 0.717) is 5.02 Å². The van der Waals surface area contributed by atoms with Crippen molar-refractivity contribution in [3.63, 3.8) is 0 Å². The van der Waals surface area contributed by atoms with Crippen molar-refractivity contribution in [3.8, 4) is 6.07 Å². The molecule has 5 heteroatoms. The molecule has 0 bridgehead atoms. The van der Waals surface area contributed by atoms with Gasteiger partial charge in [-0.05, 0) is 12.1 Å². The first-order valence-electron chi connectivity index (χ1n) is 4.60. The lowest BCUT2D eigenvalue weighted by Crippen LogP contribution is -2.07. The van der Waals surface area contributed by atoms with Crippen LogP contribution in [-0.4, -0.2) is 4.98 Å². The summed E-state index contributed by atoms with van der Waals surface area (Å²) < 4.78 is 0. The van der Waals surface area contributed by atoms with Crippen LogP contribution in [0.5, 0.6) is 0 Å². The third-order valence-corrected chi connectivity index (χ3v) is 3.21. The lowest BCUT2D eigenvalue weighted by Gasteiger charge is -2.11. The van der Waals surface area contributed by atoms with Gasteiger partial charge in [0.15, 0.2) is 6.04 Å². The normalized spacial score (nSPS) is 11.8. The van der Waals surface area contributed by atoms with Crippen molar-refractivity contribution < 1.29 is 0 Å². The predicted octanol–water partition coefficient (Wildman–Crippen LogP) is 3.47. The Balaban J connectivity index is 2.21. The Hall–Kier alpha value is -1.57. The van der Waals surface area contributed by atoms with Gasteiger partial charge in [-0.1, -0.05) is 23.7 Å². The molecule has 0 aliphatic heterocycles. The van der Waals surface area contributed by atoms with E-state index in [0.717, 1.165) is 10.6 Å². The molecule has 3 nitrogen and oxygen atoms in total. The summed E-state index contributed by atoms with van der Waals surface area (Å²) >= 11 is 7.44. The summed E-state index contributed by atoms with van der Waals surface area (Å²) in [5.41, 5.74) is 2.46. The maximum absolute atomic E-state index is 9.07. The average Bonchev–Trinajstić information content (AvgIpc) is 2.81. The molecule has 0 fully saturated rings. The molecular formula is C11H8ClN3S. The van der Waals surface area contributed by atoms with Gasteiger partial charge in [0.2, 0.25) is 0 Å². The zero-order valence-electron chi connectivity index (χ0n) is 8.22. The van der Waals surface area contributed by atoms with Crippen LogP contribution >= 0.6 is 22.9 Å². The van der Waals surface area contributed by atoms with E-state index < -0.39 is 6.04 Å². The number of rotatable bonds is 3. The zero-order valence-corrected chi connectivity index (χ0v) is 9.79. The second-order valence-corrected chi connectivity index (χ2v) is 4.42. The van der Waals surface area contributed by atoms with Crippen LogP contribution in [0.15, 0.2) is 36.0 Å². The van der Waals surface area contributed by atoms with Crippen LogP contribution in [-0.2, 0) is 0 Å². The molecule has 2 aromatic rings. The summed E-state index contributed by atoms with van der Waals surface area (Å²) in [5, 5.41) is 12.8. The molecule has 0 amide bonds. The molecule has 1 heterocycles. The van der Waals surface area contributed by atoms with Crippen molar-refractivity contribution in [2.24, 2.45) is 0 Å². The van der Waals surface area contributed by atoms with Gasteiger partial charge in [0.05, 0.1) is 27.2 Å². The summed E-state index contributed by atoms with van der Waals surface area (Å²) in [4.78, 5) is 4.83. The summed E-state index contributed by atoms with van der Waals surface area (Å²) in [7, 11) is 0. The first-order chi connectivity index (χ1) is 7.81. The fourth-order valence-corrected chi connectivity index (χ4v) is 2.07. The van der Waals surface area contributed by atoms with E-state index in [1.54, 1.807) is 17.8 Å². The molecule has 1 N–H and O–H groups in total. The minimum atomic E-state index is -0.410. The molecule has 1 unspecified atom stereocenters. The molecule has 80 valence electrons. The predicted molar refractivity (Wildman–Crippen MR) is 65.5 cm³/mol. The highest BCUT2D eigenvalue weighted by molar-refractivity contribution is 7.09. The molecule has 0 saturated carbocycles. The summed E-state index contributed by atoms with van der Waals surface area (Å²) in [5.74, 6) is 0. The number of nitriles is 1. The highest BCUT2D eigenvalue weighted by Crippen LogP contribution is 2.26. The number of benzene rings is 1. The van der Waals surface area contributed by atoms with Gasteiger partial charge in [-0.25, -0.2) is 0 Å². The molecule has 2 rings (SSSR count). The highest BCUT2D eigenvalue weighted by Gasteiger charge is 2.12. The topological polar surface area (TPSA) is 48.7 Å². The smallest absolute Gasteiger partial charge is 0.151 e. The van der Waals surface area contributed by atoms with Crippen LogP contribution in [0.1, 0.15) is 10.9 Å². The number of hydrogen-bond donors (Lipinski definition) is 1. The van der Waals surface area contributed by atoms with Crippen molar-refractivity contribution >= 4 is 28.6 Å². The quantitative estimate of drug-likeness (QED) is 0.906. The first-order valence-corrected chi connectivity index (χ1v) is 5.86. The van der Waals surface area contributed by atoms with E-state index in [1.165, 1.54) is 11.3 Å². The van der Waals surface area contributed by atoms with Crippen molar-refractivity contribution in [2.45, 2.75) is 6.04 Å². The van der Waals surface area contributed by atoms with E-state index in [9.17, 15) is 0 Å². The number of nitrogens with one attached hydrogen (secondary N) is 1. The van der Waals surface area contributed by atoms with E-state index in [-0.39, 0.29) is 0 Å². The van der Waals surface area contributed by atoms with Gasteiger partial charge in [-0.2, -0.15) is 5.26 Å². The Morgan fingerprint density at radius 3 is 2.88 bits per heavy atom. The van der Waals surface area contributed by atoms with E-state index in [2.05, 4.69) is 16.4 Å². The number of aromatic nitrogens is 1. The van der Waals surface area contributed by atoms with Crippen molar-refractivity contribution in [1.82, 2.24) is 4.98 Å². The molecule has 1 atom stereocenters. The third-order valence-electron chi connectivity index (χ3n) is 2.04. The van der Waals surface area contributed by atoms with Gasteiger partial charge < -0.3 is 5.32 Å². The molecule has 1 aromatic heterocycles. The van der Waals surface area contributed by atoms with Gasteiger partial charge in [0, 0.05) is 6.20 Å². The second-order valence-electron chi connectivity index (χ2n) is 3.09. The number of nitrogens with zero attached hydrogens (tertiary/aromatic N) is 2. The molecule has 0 aliphatic rings. The molecule has 16 heavy (non-hydrogen) atoms. The van der Waals surface area contributed by atoms with Crippen LogP contribution in [0, 0.1) is 11.3 Å². The Kier molecular flexibility index (Phi) is 3.40. The standard InChI is InChI=1S/C11H8ClN3S/c12-8-3-1-2-4-9(8)15-10(5-13)11-6-14-7-16-11/h1-4,6-7,10,15H. The van der Waals surface area contributed by atoms with Crippen LogP contribution in [0.3, 0.4) is 0 Å². The summed E-state index contributed by atoms with van der Waals surface area (Å²) in [6, 6.07) is 9.11. The summed E-state index contributed by atoms with van der Waals surface area (Å²) in [6.45, 7) is 0. The minimum absolute atomic E-state index is 0.410. The second kappa shape index (κ2) is 4.97. The van der Waals surface area contributed by atoms with Gasteiger partial charge in [0.25, 0.3) is 0 Å². The number of anilines is 1. The Bertz CT molecular complexity index is 504. The fourth-order valence-electron chi connectivity index (χ4n) is 1.27. The van der Waals surface area contributed by atoms with Crippen LogP contribution in [0.4, 0.5) is 5.69 Å². The summed E-state index contributed by atoms with van der Waals surface area (Å²) in [6.07, 6.45) is 1.68. The number of halogens is 1. The van der Waals surface area contributed by atoms with E-state index in [4.69, 9.17) is 16.9 Å².